The van der Waals surface area contributed by atoms with E-state index in [1.807, 2.05) is 0 Å². The molecule has 0 N–H and O–H groups in total. The highest BCUT2D eigenvalue weighted by molar-refractivity contribution is 14.1. The number of halogens is 2. The second-order valence-electron chi connectivity index (χ2n) is 5.04. The maximum atomic E-state index is 6.20. The minimum atomic E-state index is 0.457. The topological polar surface area (TPSA) is 35.0 Å². The van der Waals surface area contributed by atoms with Crippen LogP contribution < -0.4 is 0 Å². The summed E-state index contributed by atoms with van der Waals surface area (Å²) in [7, 11) is 1.68. The van der Waals surface area contributed by atoms with Gasteiger partial charge in [0.2, 0.25) is 0 Å². The first kappa shape index (κ1) is 14.5. The predicted octanol–water partition coefficient (Wildman–Crippen LogP) is 4.17. The van der Waals surface area contributed by atoms with E-state index in [0.29, 0.717) is 17.7 Å². The summed E-state index contributed by atoms with van der Waals surface area (Å²) in [5, 5.41) is 0.561. The molecule has 1 fully saturated rings. The normalized spacial score (nSPS) is 24.2. The molecule has 5 heteroatoms. The molecule has 0 spiro atoms. The summed E-state index contributed by atoms with van der Waals surface area (Å²) >= 11 is 8.38. The van der Waals surface area contributed by atoms with Crippen molar-refractivity contribution in [2.24, 2.45) is 5.92 Å². The van der Waals surface area contributed by atoms with Crippen LogP contribution >= 0.6 is 34.2 Å². The Morgan fingerprint density at radius 2 is 2.17 bits per heavy atom. The van der Waals surface area contributed by atoms with Crippen molar-refractivity contribution in [2.75, 3.05) is 7.11 Å². The van der Waals surface area contributed by atoms with Crippen LogP contribution in [0.2, 0.25) is 5.15 Å². The Hall–Kier alpha value is 0.0600. The summed E-state index contributed by atoms with van der Waals surface area (Å²) in [6, 6.07) is 0. The summed E-state index contributed by atoms with van der Waals surface area (Å²) in [5.41, 5.74) is 0.909. The van der Waals surface area contributed by atoms with E-state index in [4.69, 9.17) is 16.3 Å². The smallest absolute Gasteiger partial charge is 0.146 e. The van der Waals surface area contributed by atoms with E-state index in [0.717, 1.165) is 21.0 Å². The number of aromatic nitrogens is 2. The fourth-order valence-corrected chi connectivity index (χ4v) is 3.16. The van der Waals surface area contributed by atoms with Crippen molar-refractivity contribution in [2.45, 2.75) is 45.1 Å². The van der Waals surface area contributed by atoms with Crippen LogP contribution in [0.3, 0.4) is 0 Å². The van der Waals surface area contributed by atoms with E-state index in [-0.39, 0.29) is 0 Å². The zero-order valence-corrected chi connectivity index (χ0v) is 13.7. The van der Waals surface area contributed by atoms with Crippen LogP contribution in [0.5, 0.6) is 0 Å². The Morgan fingerprint density at radius 3 is 2.83 bits per heavy atom. The van der Waals surface area contributed by atoms with Crippen molar-refractivity contribution in [1.29, 1.82) is 0 Å². The minimum Gasteiger partial charge on any atom is -0.378 e. The molecule has 1 aromatic heterocycles. The van der Waals surface area contributed by atoms with Gasteiger partial charge in [0.05, 0.1) is 15.9 Å². The molecule has 1 aliphatic rings. The fraction of sp³-hybridized carbons (Fsp3) is 0.692. The SMILES string of the molecule is COCc1nc(C2CCCC(C)C2)nc(Cl)c1I. The highest BCUT2D eigenvalue weighted by atomic mass is 127. The van der Waals surface area contributed by atoms with Gasteiger partial charge in [0, 0.05) is 13.0 Å². The molecule has 0 aliphatic heterocycles. The lowest BCUT2D eigenvalue weighted by Crippen LogP contribution is -2.16. The fourth-order valence-electron chi connectivity index (χ4n) is 2.56. The second kappa shape index (κ2) is 6.48. The largest absolute Gasteiger partial charge is 0.378 e. The van der Waals surface area contributed by atoms with Gasteiger partial charge in [-0.3, -0.25) is 0 Å². The van der Waals surface area contributed by atoms with Crippen LogP contribution in [0, 0.1) is 9.49 Å². The van der Waals surface area contributed by atoms with Crippen molar-refractivity contribution in [3.8, 4) is 0 Å². The van der Waals surface area contributed by atoms with Crippen molar-refractivity contribution in [1.82, 2.24) is 9.97 Å². The first-order chi connectivity index (χ1) is 8.61. The molecular formula is C13H18ClIN2O. The first-order valence-corrected chi connectivity index (χ1v) is 7.78. The molecule has 1 aliphatic carbocycles. The number of rotatable bonds is 3. The number of nitrogens with zero attached hydrogens (tertiary/aromatic N) is 2. The zero-order valence-electron chi connectivity index (χ0n) is 10.7. The Balaban J connectivity index is 2.27. The third-order valence-corrected chi connectivity index (χ3v) is 5.21. The lowest BCUT2D eigenvalue weighted by Gasteiger charge is -2.26. The maximum Gasteiger partial charge on any atom is 0.146 e. The van der Waals surface area contributed by atoms with Crippen LogP contribution in [-0.4, -0.2) is 17.1 Å². The van der Waals surface area contributed by atoms with Crippen LogP contribution in [0.4, 0.5) is 0 Å². The van der Waals surface area contributed by atoms with Gasteiger partial charge in [-0.1, -0.05) is 31.4 Å². The Labute approximate surface area is 127 Å². The average molecular weight is 381 g/mol. The van der Waals surface area contributed by atoms with Gasteiger partial charge >= 0.3 is 0 Å². The monoisotopic (exact) mass is 380 g/mol. The van der Waals surface area contributed by atoms with Crippen molar-refractivity contribution < 1.29 is 4.74 Å². The van der Waals surface area contributed by atoms with Gasteiger partial charge in [0.15, 0.2) is 0 Å². The Morgan fingerprint density at radius 1 is 1.39 bits per heavy atom. The van der Waals surface area contributed by atoms with E-state index in [1.54, 1.807) is 7.11 Å². The third kappa shape index (κ3) is 3.33. The highest BCUT2D eigenvalue weighted by Crippen LogP contribution is 2.35. The molecule has 0 saturated heterocycles. The van der Waals surface area contributed by atoms with E-state index in [2.05, 4.69) is 39.5 Å². The average Bonchev–Trinajstić information content (AvgIpc) is 2.35. The molecular weight excluding hydrogens is 363 g/mol. The lowest BCUT2D eigenvalue weighted by molar-refractivity contribution is 0.180. The van der Waals surface area contributed by atoms with Crippen molar-refractivity contribution >= 4 is 34.2 Å². The molecule has 2 atom stereocenters. The number of hydrogen-bond donors (Lipinski definition) is 0. The highest BCUT2D eigenvalue weighted by Gasteiger charge is 2.24. The number of hydrogen-bond acceptors (Lipinski definition) is 3. The molecule has 1 heterocycles. The molecule has 1 aromatic rings. The lowest BCUT2D eigenvalue weighted by atomic mass is 9.82. The van der Waals surface area contributed by atoms with Gasteiger partial charge in [0.1, 0.15) is 11.0 Å². The van der Waals surface area contributed by atoms with Gasteiger partial charge in [-0.2, -0.15) is 0 Å². The van der Waals surface area contributed by atoms with Gasteiger partial charge in [-0.25, -0.2) is 9.97 Å². The first-order valence-electron chi connectivity index (χ1n) is 6.32. The zero-order chi connectivity index (χ0) is 13.1. The molecule has 0 bridgehead atoms. The molecule has 2 rings (SSSR count). The van der Waals surface area contributed by atoms with Crippen molar-refractivity contribution in [3.05, 3.63) is 20.2 Å². The molecule has 100 valence electrons. The van der Waals surface area contributed by atoms with Crippen LogP contribution in [-0.2, 0) is 11.3 Å². The van der Waals surface area contributed by atoms with E-state index < -0.39 is 0 Å². The van der Waals surface area contributed by atoms with Crippen LogP contribution in [0.15, 0.2) is 0 Å². The molecule has 0 amide bonds. The maximum absolute atomic E-state index is 6.20. The van der Waals surface area contributed by atoms with Gasteiger partial charge < -0.3 is 4.74 Å². The van der Waals surface area contributed by atoms with Gasteiger partial charge in [0.25, 0.3) is 0 Å². The molecule has 18 heavy (non-hydrogen) atoms. The minimum absolute atomic E-state index is 0.457. The summed E-state index contributed by atoms with van der Waals surface area (Å²) in [6.07, 6.45) is 4.93. The summed E-state index contributed by atoms with van der Waals surface area (Å²) in [4.78, 5) is 9.12. The summed E-state index contributed by atoms with van der Waals surface area (Å²) < 4.78 is 6.08. The predicted molar refractivity (Wildman–Crippen MR) is 80.8 cm³/mol. The van der Waals surface area contributed by atoms with Gasteiger partial charge in [-0.05, 0) is 41.4 Å². The van der Waals surface area contributed by atoms with Crippen LogP contribution in [0.1, 0.15) is 50.0 Å². The second-order valence-corrected chi connectivity index (χ2v) is 6.47. The van der Waals surface area contributed by atoms with Crippen LogP contribution in [0.25, 0.3) is 0 Å². The molecule has 2 unspecified atom stereocenters. The molecule has 1 saturated carbocycles. The molecule has 0 radical (unpaired) electrons. The van der Waals surface area contributed by atoms with Gasteiger partial charge in [-0.15, -0.1) is 0 Å². The third-order valence-electron chi connectivity index (χ3n) is 3.48. The van der Waals surface area contributed by atoms with E-state index in [1.165, 1.54) is 25.7 Å². The molecule has 0 aromatic carbocycles. The summed E-state index contributed by atoms with van der Waals surface area (Å²) in [5.74, 6) is 2.12. The quantitative estimate of drug-likeness (QED) is 0.583. The number of methoxy groups -OCH3 is 1. The Bertz CT molecular complexity index is 428. The Kier molecular flexibility index (Phi) is 5.21. The molecule has 3 nitrogen and oxygen atoms in total. The van der Waals surface area contributed by atoms with E-state index in [9.17, 15) is 0 Å². The standard InChI is InChI=1S/C13H18ClIN2O/c1-8-4-3-5-9(6-8)13-16-10(7-18-2)11(15)12(14)17-13/h8-9H,3-7H2,1-2H3. The van der Waals surface area contributed by atoms with E-state index >= 15 is 0 Å². The number of ether oxygens (including phenoxy) is 1. The summed E-state index contributed by atoms with van der Waals surface area (Å²) in [6.45, 7) is 2.80. The van der Waals surface area contributed by atoms with Crippen molar-refractivity contribution in [3.63, 3.8) is 0 Å².